The highest BCUT2D eigenvalue weighted by Gasteiger charge is 2.18. The highest BCUT2D eigenvalue weighted by atomic mass is 16.4. The molecule has 3 aromatic carbocycles. The third-order valence-electron chi connectivity index (χ3n) is 4.48. The fourth-order valence-electron chi connectivity index (χ4n) is 3.16. The molecule has 0 bridgehead atoms. The van der Waals surface area contributed by atoms with E-state index in [0.29, 0.717) is 27.9 Å². The van der Waals surface area contributed by atoms with Crippen LogP contribution in [0.3, 0.4) is 0 Å². The Labute approximate surface area is 180 Å². The van der Waals surface area contributed by atoms with E-state index < -0.39 is 11.9 Å². The summed E-state index contributed by atoms with van der Waals surface area (Å²) in [7, 11) is 0. The predicted molar refractivity (Wildman–Crippen MR) is 118 cm³/mol. The van der Waals surface area contributed by atoms with Crippen LogP contribution in [0.4, 0.5) is 5.69 Å². The van der Waals surface area contributed by atoms with E-state index in [4.69, 9.17) is 0 Å². The van der Waals surface area contributed by atoms with Crippen molar-refractivity contribution in [3.63, 3.8) is 0 Å². The second-order valence-electron chi connectivity index (χ2n) is 8.12. The first-order valence-electron chi connectivity index (χ1n) is 9.79. The molecule has 3 rings (SSSR count). The first-order chi connectivity index (χ1) is 14.7. The molecule has 0 aromatic heterocycles. The normalized spacial score (nSPS) is 10.9. The first-order valence-corrected chi connectivity index (χ1v) is 9.79. The van der Waals surface area contributed by atoms with E-state index in [-0.39, 0.29) is 17.0 Å². The molecule has 0 unspecified atom stereocenters. The molecular formula is C25H23N2O4-. The van der Waals surface area contributed by atoms with Crippen LogP contribution >= 0.6 is 0 Å². The Hall–Kier alpha value is -3.93. The minimum absolute atomic E-state index is 0.00333. The minimum atomic E-state index is -1.32. The van der Waals surface area contributed by atoms with E-state index in [1.54, 1.807) is 66.7 Å². The van der Waals surface area contributed by atoms with Crippen molar-refractivity contribution >= 4 is 23.5 Å². The highest BCUT2D eigenvalue weighted by molar-refractivity contribution is 6.10. The summed E-state index contributed by atoms with van der Waals surface area (Å²) in [5.41, 5.74) is 1.66. The molecule has 2 amide bonds. The predicted octanol–water partition coefficient (Wildman–Crippen LogP) is 3.50. The number of hydrogen-bond donors (Lipinski definition) is 2. The standard InChI is InChI=1S/C25H24N2O4/c1-25(2,3)27-22(28)16-9-8-10-17(15-16)26-23(29)20-13-6-4-11-18(20)19-12-5-7-14-21(19)24(30)31/h4-15H,1-3H3,(H,26,29)(H,27,28)(H,30,31)/p-1. The molecule has 0 spiro atoms. The van der Waals surface area contributed by atoms with Gasteiger partial charge in [-0.3, -0.25) is 9.59 Å². The average Bonchev–Trinajstić information content (AvgIpc) is 2.72. The van der Waals surface area contributed by atoms with Gasteiger partial charge in [0, 0.05) is 27.9 Å². The van der Waals surface area contributed by atoms with Crippen LogP contribution < -0.4 is 15.7 Å². The number of carboxylic acid groups (broad SMARTS) is 1. The van der Waals surface area contributed by atoms with Crippen molar-refractivity contribution < 1.29 is 19.5 Å². The lowest BCUT2D eigenvalue weighted by Crippen LogP contribution is -2.40. The summed E-state index contributed by atoms with van der Waals surface area (Å²) < 4.78 is 0. The summed E-state index contributed by atoms with van der Waals surface area (Å²) in [5, 5.41) is 17.2. The third kappa shape index (κ3) is 5.36. The molecule has 6 nitrogen and oxygen atoms in total. The molecule has 31 heavy (non-hydrogen) atoms. The summed E-state index contributed by atoms with van der Waals surface area (Å²) in [6.45, 7) is 5.66. The van der Waals surface area contributed by atoms with Crippen molar-refractivity contribution in [3.8, 4) is 11.1 Å². The van der Waals surface area contributed by atoms with Gasteiger partial charge in [-0.15, -0.1) is 0 Å². The maximum atomic E-state index is 13.0. The van der Waals surface area contributed by atoms with Crippen LogP contribution in [0.2, 0.25) is 0 Å². The second-order valence-corrected chi connectivity index (χ2v) is 8.12. The number of carbonyl (C=O) groups excluding carboxylic acids is 3. The number of aromatic carboxylic acids is 1. The zero-order valence-electron chi connectivity index (χ0n) is 17.6. The third-order valence-corrected chi connectivity index (χ3v) is 4.48. The van der Waals surface area contributed by atoms with Gasteiger partial charge in [0.05, 0.1) is 5.97 Å². The number of benzene rings is 3. The van der Waals surface area contributed by atoms with Crippen molar-refractivity contribution in [2.45, 2.75) is 26.3 Å². The van der Waals surface area contributed by atoms with Crippen LogP contribution in [0.25, 0.3) is 11.1 Å². The summed E-state index contributed by atoms with van der Waals surface area (Å²) in [6.07, 6.45) is 0. The lowest BCUT2D eigenvalue weighted by atomic mass is 9.95. The van der Waals surface area contributed by atoms with Crippen molar-refractivity contribution in [1.29, 1.82) is 0 Å². The Morgan fingerprint density at radius 3 is 1.94 bits per heavy atom. The Kier molecular flexibility index (Phi) is 6.20. The molecule has 6 heteroatoms. The van der Waals surface area contributed by atoms with Gasteiger partial charge in [0.25, 0.3) is 11.8 Å². The monoisotopic (exact) mass is 415 g/mol. The first kappa shape index (κ1) is 21.8. The fourth-order valence-corrected chi connectivity index (χ4v) is 3.16. The SMILES string of the molecule is CC(C)(C)NC(=O)c1cccc(NC(=O)c2ccccc2-c2ccccc2C(=O)[O-])c1. The van der Waals surface area contributed by atoms with Gasteiger partial charge in [-0.05, 0) is 56.2 Å². The molecule has 0 saturated heterocycles. The Bertz CT molecular complexity index is 1150. The maximum absolute atomic E-state index is 13.0. The molecule has 0 saturated carbocycles. The number of rotatable bonds is 5. The van der Waals surface area contributed by atoms with Gasteiger partial charge < -0.3 is 20.5 Å². The van der Waals surface area contributed by atoms with Crippen LogP contribution in [0.15, 0.2) is 72.8 Å². The Morgan fingerprint density at radius 1 is 0.742 bits per heavy atom. The fraction of sp³-hybridized carbons (Fsp3) is 0.160. The number of carboxylic acids is 1. The van der Waals surface area contributed by atoms with Crippen molar-refractivity contribution in [2.75, 3.05) is 5.32 Å². The van der Waals surface area contributed by atoms with Gasteiger partial charge in [0.2, 0.25) is 0 Å². The number of hydrogen-bond acceptors (Lipinski definition) is 4. The summed E-state index contributed by atoms with van der Waals surface area (Å²) in [6, 6.07) is 19.7. The quantitative estimate of drug-likeness (QED) is 0.666. The van der Waals surface area contributed by atoms with Crippen molar-refractivity contribution in [3.05, 3.63) is 89.5 Å². The topological polar surface area (TPSA) is 98.3 Å². The lowest BCUT2D eigenvalue weighted by Gasteiger charge is -2.20. The second kappa shape index (κ2) is 8.83. The average molecular weight is 415 g/mol. The van der Waals surface area contributed by atoms with E-state index in [2.05, 4.69) is 10.6 Å². The zero-order valence-corrected chi connectivity index (χ0v) is 17.6. The molecule has 0 atom stereocenters. The summed E-state index contributed by atoms with van der Waals surface area (Å²) in [4.78, 5) is 37.0. The van der Waals surface area contributed by atoms with Gasteiger partial charge in [-0.25, -0.2) is 0 Å². The van der Waals surface area contributed by atoms with E-state index in [0.717, 1.165) is 0 Å². The van der Waals surface area contributed by atoms with Crippen LogP contribution in [0.1, 0.15) is 51.8 Å². The molecule has 0 heterocycles. The van der Waals surface area contributed by atoms with E-state index in [9.17, 15) is 19.5 Å². The minimum Gasteiger partial charge on any atom is -0.545 e. The van der Waals surface area contributed by atoms with Crippen LogP contribution in [0, 0.1) is 0 Å². The summed E-state index contributed by atoms with van der Waals surface area (Å²) in [5.74, 6) is -1.98. The van der Waals surface area contributed by atoms with Gasteiger partial charge >= 0.3 is 0 Å². The zero-order chi connectivity index (χ0) is 22.6. The highest BCUT2D eigenvalue weighted by Crippen LogP contribution is 2.27. The van der Waals surface area contributed by atoms with Crippen LogP contribution in [-0.2, 0) is 0 Å². The van der Waals surface area contributed by atoms with Crippen LogP contribution in [0.5, 0.6) is 0 Å². The molecule has 0 aliphatic rings. The molecular weight excluding hydrogens is 392 g/mol. The largest absolute Gasteiger partial charge is 0.545 e. The molecule has 158 valence electrons. The van der Waals surface area contributed by atoms with Gasteiger partial charge in [0.1, 0.15) is 0 Å². The van der Waals surface area contributed by atoms with E-state index in [1.165, 1.54) is 6.07 Å². The number of anilines is 1. The van der Waals surface area contributed by atoms with Gasteiger partial charge in [0.15, 0.2) is 0 Å². The van der Waals surface area contributed by atoms with E-state index in [1.807, 2.05) is 20.8 Å². The number of nitrogens with one attached hydrogen (secondary N) is 2. The lowest BCUT2D eigenvalue weighted by molar-refractivity contribution is -0.254. The molecule has 3 aromatic rings. The van der Waals surface area contributed by atoms with Crippen molar-refractivity contribution in [1.82, 2.24) is 5.32 Å². The molecule has 0 aliphatic heterocycles. The Morgan fingerprint density at radius 2 is 1.32 bits per heavy atom. The smallest absolute Gasteiger partial charge is 0.256 e. The van der Waals surface area contributed by atoms with E-state index >= 15 is 0 Å². The van der Waals surface area contributed by atoms with Crippen LogP contribution in [-0.4, -0.2) is 23.3 Å². The van der Waals surface area contributed by atoms with Gasteiger partial charge in [-0.2, -0.15) is 0 Å². The van der Waals surface area contributed by atoms with Crippen molar-refractivity contribution in [2.24, 2.45) is 0 Å². The molecule has 2 N–H and O–H groups in total. The molecule has 0 fully saturated rings. The molecule has 0 aliphatic carbocycles. The Balaban J connectivity index is 1.91. The number of carbonyl (C=O) groups is 3. The molecule has 0 radical (unpaired) electrons. The maximum Gasteiger partial charge on any atom is 0.256 e. The number of amides is 2. The van der Waals surface area contributed by atoms with Gasteiger partial charge in [-0.1, -0.05) is 48.5 Å². The summed E-state index contributed by atoms with van der Waals surface area (Å²) >= 11 is 0.